The number of esters is 1. The minimum atomic E-state index is -0.340. The lowest BCUT2D eigenvalue weighted by Gasteiger charge is -2.08. The highest BCUT2D eigenvalue weighted by atomic mass is 16.5. The maximum Gasteiger partial charge on any atom is 0.341 e. The molecular weight excluding hydrogens is 216 g/mol. The minimum absolute atomic E-state index is 0.340. The molecule has 1 N–H and O–H groups in total. The van der Waals surface area contributed by atoms with Crippen molar-refractivity contribution in [1.82, 2.24) is 4.98 Å². The van der Waals surface area contributed by atoms with Gasteiger partial charge in [0.25, 0.3) is 0 Å². The molecule has 0 radical (unpaired) electrons. The lowest BCUT2D eigenvalue weighted by Crippen LogP contribution is -2.12. The van der Waals surface area contributed by atoms with E-state index >= 15 is 0 Å². The second-order valence-corrected chi connectivity index (χ2v) is 4.43. The molecule has 2 atom stereocenters. The fourth-order valence-electron chi connectivity index (χ4n) is 2.08. The SMILES string of the molecule is CCCC1CC1Nc1ncccc1C(=O)OC. The Labute approximate surface area is 101 Å². The van der Waals surface area contributed by atoms with Gasteiger partial charge < -0.3 is 10.1 Å². The van der Waals surface area contributed by atoms with Crippen LogP contribution in [0.15, 0.2) is 18.3 Å². The van der Waals surface area contributed by atoms with E-state index in [0.717, 1.165) is 5.92 Å². The third kappa shape index (κ3) is 2.75. The van der Waals surface area contributed by atoms with Gasteiger partial charge in [0.1, 0.15) is 11.4 Å². The van der Waals surface area contributed by atoms with Crippen molar-refractivity contribution in [2.24, 2.45) is 5.92 Å². The van der Waals surface area contributed by atoms with E-state index < -0.39 is 0 Å². The summed E-state index contributed by atoms with van der Waals surface area (Å²) in [6.07, 6.45) is 5.30. The summed E-state index contributed by atoms with van der Waals surface area (Å²) in [7, 11) is 1.39. The number of methoxy groups -OCH3 is 1. The number of pyridine rings is 1. The van der Waals surface area contributed by atoms with Gasteiger partial charge in [-0.2, -0.15) is 0 Å². The van der Waals surface area contributed by atoms with Crippen LogP contribution in [-0.4, -0.2) is 24.1 Å². The van der Waals surface area contributed by atoms with Crippen LogP contribution in [0.25, 0.3) is 0 Å². The van der Waals surface area contributed by atoms with Crippen LogP contribution in [0.2, 0.25) is 0 Å². The number of aromatic nitrogens is 1. The van der Waals surface area contributed by atoms with Crippen molar-refractivity contribution < 1.29 is 9.53 Å². The molecule has 2 unspecified atom stereocenters. The van der Waals surface area contributed by atoms with Crippen molar-refractivity contribution in [2.45, 2.75) is 32.2 Å². The average molecular weight is 234 g/mol. The molecular formula is C13H18N2O2. The van der Waals surface area contributed by atoms with Crippen LogP contribution in [0.1, 0.15) is 36.5 Å². The first kappa shape index (κ1) is 11.9. The number of nitrogens with one attached hydrogen (secondary N) is 1. The molecule has 1 fully saturated rings. The summed E-state index contributed by atoms with van der Waals surface area (Å²) in [6, 6.07) is 3.94. The van der Waals surface area contributed by atoms with E-state index in [4.69, 9.17) is 4.74 Å². The normalized spacial score (nSPS) is 22.0. The zero-order valence-corrected chi connectivity index (χ0v) is 10.3. The van der Waals surface area contributed by atoms with Crippen LogP contribution in [-0.2, 0) is 4.74 Å². The predicted octanol–water partition coefficient (Wildman–Crippen LogP) is 2.47. The monoisotopic (exact) mass is 234 g/mol. The Kier molecular flexibility index (Phi) is 3.61. The maximum atomic E-state index is 11.5. The van der Waals surface area contributed by atoms with Crippen LogP contribution < -0.4 is 5.32 Å². The summed E-state index contributed by atoms with van der Waals surface area (Å²) in [6.45, 7) is 2.19. The van der Waals surface area contributed by atoms with Gasteiger partial charge in [-0.3, -0.25) is 0 Å². The molecule has 4 heteroatoms. The highest BCUT2D eigenvalue weighted by Gasteiger charge is 2.36. The Bertz CT molecular complexity index is 406. The summed E-state index contributed by atoms with van der Waals surface area (Å²) < 4.78 is 4.73. The molecule has 1 saturated carbocycles. The molecule has 92 valence electrons. The van der Waals surface area contributed by atoms with Crippen molar-refractivity contribution in [1.29, 1.82) is 0 Å². The smallest absolute Gasteiger partial charge is 0.341 e. The first-order valence-electron chi connectivity index (χ1n) is 6.06. The first-order chi connectivity index (χ1) is 8.26. The summed E-state index contributed by atoms with van der Waals surface area (Å²) in [5, 5.41) is 3.32. The maximum absolute atomic E-state index is 11.5. The standard InChI is InChI=1S/C13H18N2O2/c1-3-5-9-8-11(9)15-12-10(13(16)17-2)6-4-7-14-12/h4,6-7,9,11H,3,5,8H2,1-2H3,(H,14,15). The molecule has 0 saturated heterocycles. The lowest BCUT2D eigenvalue weighted by atomic mass is 10.2. The number of anilines is 1. The lowest BCUT2D eigenvalue weighted by molar-refractivity contribution is 0.0601. The highest BCUT2D eigenvalue weighted by molar-refractivity contribution is 5.94. The van der Waals surface area contributed by atoms with Crippen molar-refractivity contribution in [3.63, 3.8) is 0 Å². The zero-order chi connectivity index (χ0) is 12.3. The van der Waals surface area contributed by atoms with Gasteiger partial charge in [-0.15, -0.1) is 0 Å². The van der Waals surface area contributed by atoms with Gasteiger partial charge in [0, 0.05) is 12.2 Å². The topological polar surface area (TPSA) is 51.2 Å². The van der Waals surface area contributed by atoms with E-state index in [-0.39, 0.29) is 5.97 Å². The van der Waals surface area contributed by atoms with E-state index in [1.165, 1.54) is 26.4 Å². The van der Waals surface area contributed by atoms with Gasteiger partial charge >= 0.3 is 5.97 Å². The third-order valence-corrected chi connectivity index (χ3v) is 3.12. The van der Waals surface area contributed by atoms with Crippen molar-refractivity contribution in [3.05, 3.63) is 23.9 Å². The number of hydrogen-bond donors (Lipinski definition) is 1. The van der Waals surface area contributed by atoms with Crippen LogP contribution in [0.4, 0.5) is 5.82 Å². The molecule has 2 rings (SSSR count). The van der Waals surface area contributed by atoms with Gasteiger partial charge in [-0.25, -0.2) is 9.78 Å². The Morgan fingerprint density at radius 1 is 1.65 bits per heavy atom. The van der Waals surface area contributed by atoms with Crippen LogP contribution in [0, 0.1) is 5.92 Å². The number of ether oxygens (including phenoxy) is 1. The average Bonchev–Trinajstić information content (AvgIpc) is 3.07. The van der Waals surface area contributed by atoms with E-state index in [0.29, 0.717) is 17.4 Å². The quantitative estimate of drug-likeness (QED) is 0.795. The summed E-state index contributed by atoms with van der Waals surface area (Å²) in [4.78, 5) is 15.8. The van der Waals surface area contributed by atoms with Gasteiger partial charge in [-0.1, -0.05) is 13.3 Å². The molecule has 0 amide bonds. The van der Waals surface area contributed by atoms with E-state index in [1.54, 1.807) is 18.3 Å². The molecule has 0 spiro atoms. The molecule has 17 heavy (non-hydrogen) atoms. The largest absolute Gasteiger partial charge is 0.465 e. The molecule has 4 nitrogen and oxygen atoms in total. The molecule has 0 aromatic carbocycles. The fraction of sp³-hybridized carbons (Fsp3) is 0.538. The Balaban J connectivity index is 2.04. The molecule has 1 aliphatic rings. The van der Waals surface area contributed by atoms with E-state index in [9.17, 15) is 4.79 Å². The first-order valence-corrected chi connectivity index (χ1v) is 6.06. The van der Waals surface area contributed by atoms with Crippen molar-refractivity contribution in [3.8, 4) is 0 Å². The van der Waals surface area contributed by atoms with Crippen molar-refractivity contribution >= 4 is 11.8 Å². The predicted molar refractivity (Wildman–Crippen MR) is 66.0 cm³/mol. The summed E-state index contributed by atoms with van der Waals surface area (Å²) in [5.74, 6) is 1.03. The van der Waals surface area contributed by atoms with Gasteiger partial charge in [0.15, 0.2) is 0 Å². The molecule has 1 aromatic heterocycles. The number of carbonyl (C=O) groups excluding carboxylic acids is 1. The summed E-state index contributed by atoms with van der Waals surface area (Å²) >= 11 is 0. The Morgan fingerprint density at radius 2 is 2.47 bits per heavy atom. The zero-order valence-electron chi connectivity index (χ0n) is 10.3. The van der Waals surface area contributed by atoms with Crippen molar-refractivity contribution in [2.75, 3.05) is 12.4 Å². The highest BCUT2D eigenvalue weighted by Crippen LogP contribution is 2.37. The number of nitrogens with zero attached hydrogens (tertiary/aromatic N) is 1. The second-order valence-electron chi connectivity index (χ2n) is 4.43. The van der Waals surface area contributed by atoms with Gasteiger partial charge in [0.2, 0.25) is 0 Å². The molecule has 1 aromatic rings. The van der Waals surface area contributed by atoms with E-state index in [2.05, 4.69) is 17.2 Å². The second kappa shape index (κ2) is 5.17. The molecule has 1 aliphatic carbocycles. The fourth-order valence-corrected chi connectivity index (χ4v) is 2.08. The number of carbonyl (C=O) groups is 1. The van der Waals surface area contributed by atoms with Gasteiger partial charge in [0.05, 0.1) is 7.11 Å². The molecule has 1 heterocycles. The molecule has 0 aliphatic heterocycles. The third-order valence-electron chi connectivity index (χ3n) is 3.12. The minimum Gasteiger partial charge on any atom is -0.465 e. The van der Waals surface area contributed by atoms with Gasteiger partial charge in [-0.05, 0) is 30.9 Å². The number of rotatable bonds is 5. The molecule has 0 bridgehead atoms. The summed E-state index contributed by atoms with van der Waals surface area (Å²) in [5.41, 5.74) is 0.511. The number of hydrogen-bond acceptors (Lipinski definition) is 4. The van der Waals surface area contributed by atoms with Crippen LogP contribution in [0.3, 0.4) is 0 Å². The Morgan fingerprint density at radius 3 is 3.18 bits per heavy atom. The van der Waals surface area contributed by atoms with Crippen LogP contribution >= 0.6 is 0 Å². The van der Waals surface area contributed by atoms with Crippen LogP contribution in [0.5, 0.6) is 0 Å². The van der Waals surface area contributed by atoms with E-state index in [1.807, 2.05) is 0 Å². The Hall–Kier alpha value is -1.58.